The van der Waals surface area contributed by atoms with E-state index in [0.717, 1.165) is 16.0 Å². The highest BCUT2D eigenvalue weighted by molar-refractivity contribution is 7.09. The molecule has 0 spiro atoms. The largest absolute Gasteiger partial charge is 0.388 e. The molecule has 2 nitrogen and oxygen atoms in total. The average Bonchev–Trinajstić information content (AvgIpc) is 2.76. The van der Waals surface area contributed by atoms with E-state index in [0.29, 0.717) is 6.42 Å². The van der Waals surface area contributed by atoms with Gasteiger partial charge in [0, 0.05) is 17.5 Å². The summed E-state index contributed by atoms with van der Waals surface area (Å²) >= 11 is 1.59. The quantitative estimate of drug-likeness (QED) is 0.902. The van der Waals surface area contributed by atoms with E-state index in [1.807, 2.05) is 6.20 Å². The molecule has 0 fully saturated rings. The highest BCUT2D eigenvalue weighted by Crippen LogP contribution is 2.25. The zero-order valence-electron chi connectivity index (χ0n) is 10.4. The van der Waals surface area contributed by atoms with E-state index in [9.17, 15) is 5.11 Å². The second-order valence-corrected chi connectivity index (χ2v) is 5.45. The van der Waals surface area contributed by atoms with Crippen LogP contribution in [0.5, 0.6) is 0 Å². The van der Waals surface area contributed by atoms with Crippen LogP contribution >= 0.6 is 11.3 Å². The highest BCUT2D eigenvalue weighted by Gasteiger charge is 2.13. The fraction of sp³-hybridized carbons (Fsp3) is 0.357. The molecule has 0 saturated carbocycles. The minimum absolute atomic E-state index is 0.435. The van der Waals surface area contributed by atoms with E-state index in [1.54, 1.807) is 16.8 Å². The van der Waals surface area contributed by atoms with Crippen LogP contribution < -0.4 is 0 Å². The van der Waals surface area contributed by atoms with Crippen LogP contribution in [0.2, 0.25) is 0 Å². The first kappa shape index (κ1) is 12.3. The number of thiazole rings is 1. The van der Waals surface area contributed by atoms with Crippen molar-refractivity contribution in [2.24, 2.45) is 0 Å². The lowest BCUT2D eigenvalue weighted by atomic mass is 9.95. The highest BCUT2D eigenvalue weighted by atomic mass is 32.1. The monoisotopic (exact) mass is 247 g/mol. The lowest BCUT2D eigenvalue weighted by Crippen LogP contribution is -2.04. The minimum Gasteiger partial charge on any atom is -0.388 e. The molecule has 0 aliphatic heterocycles. The second-order valence-electron chi connectivity index (χ2n) is 4.48. The Kier molecular flexibility index (Phi) is 3.60. The zero-order valence-corrected chi connectivity index (χ0v) is 11.2. The first-order chi connectivity index (χ1) is 8.08. The Hall–Kier alpha value is -1.19. The molecule has 3 heteroatoms. The molecule has 90 valence electrons. The third-order valence-corrected chi connectivity index (χ3v) is 3.92. The van der Waals surface area contributed by atoms with Crippen LogP contribution in [0.1, 0.15) is 33.2 Å². The second kappa shape index (κ2) is 4.98. The molecule has 1 aromatic heterocycles. The lowest BCUT2D eigenvalue weighted by molar-refractivity contribution is 0.178. The van der Waals surface area contributed by atoms with Gasteiger partial charge in [0.1, 0.15) is 0 Å². The van der Waals surface area contributed by atoms with Crippen molar-refractivity contribution in [3.05, 3.63) is 51.0 Å². The number of hydrogen-bond acceptors (Lipinski definition) is 3. The summed E-state index contributed by atoms with van der Waals surface area (Å²) in [6.07, 6.45) is 2.04. The zero-order chi connectivity index (χ0) is 12.4. The molecular formula is C14H17NOS. The lowest BCUT2D eigenvalue weighted by Gasteiger charge is -2.15. The van der Waals surface area contributed by atoms with Gasteiger partial charge < -0.3 is 5.11 Å². The van der Waals surface area contributed by atoms with Gasteiger partial charge in [-0.05, 0) is 43.0 Å². The number of aryl methyl sites for hydroxylation is 3. The Morgan fingerprint density at radius 2 is 1.88 bits per heavy atom. The molecule has 0 radical (unpaired) electrons. The molecule has 1 unspecified atom stereocenters. The molecule has 17 heavy (non-hydrogen) atoms. The Labute approximate surface area is 106 Å². The number of rotatable bonds is 3. The van der Waals surface area contributed by atoms with Crippen molar-refractivity contribution in [1.29, 1.82) is 0 Å². The minimum atomic E-state index is -0.435. The summed E-state index contributed by atoms with van der Waals surface area (Å²) in [5.41, 5.74) is 6.49. The van der Waals surface area contributed by atoms with Gasteiger partial charge >= 0.3 is 0 Å². The number of hydrogen-bond donors (Lipinski definition) is 1. The standard InChI is InChI=1S/C14H17NOS/c1-9-4-11(3)13(5-10(9)2)14(16)6-12-7-15-8-17-12/h4-5,7-8,14,16H,6H2,1-3H3. The summed E-state index contributed by atoms with van der Waals surface area (Å²) in [5.74, 6) is 0. The molecule has 0 aliphatic rings. The number of aliphatic hydroxyl groups excluding tert-OH is 1. The van der Waals surface area contributed by atoms with Crippen molar-refractivity contribution < 1.29 is 5.11 Å². The topological polar surface area (TPSA) is 33.1 Å². The van der Waals surface area contributed by atoms with Gasteiger partial charge in [0.05, 0.1) is 11.6 Å². The number of aliphatic hydroxyl groups is 1. The summed E-state index contributed by atoms with van der Waals surface area (Å²) in [6, 6.07) is 4.23. The summed E-state index contributed by atoms with van der Waals surface area (Å²) in [6.45, 7) is 6.23. The van der Waals surface area contributed by atoms with Gasteiger partial charge in [-0.25, -0.2) is 0 Å². The fourth-order valence-electron chi connectivity index (χ4n) is 1.99. The summed E-state index contributed by atoms with van der Waals surface area (Å²) in [4.78, 5) is 5.15. The Balaban J connectivity index is 2.24. The van der Waals surface area contributed by atoms with E-state index in [-0.39, 0.29) is 0 Å². The van der Waals surface area contributed by atoms with Crippen molar-refractivity contribution >= 4 is 11.3 Å². The summed E-state index contributed by atoms with van der Waals surface area (Å²) < 4.78 is 0. The van der Waals surface area contributed by atoms with Gasteiger partial charge in [-0.1, -0.05) is 12.1 Å². The van der Waals surface area contributed by atoms with Crippen molar-refractivity contribution in [2.75, 3.05) is 0 Å². The summed E-state index contributed by atoms with van der Waals surface area (Å²) in [5, 5.41) is 10.3. The van der Waals surface area contributed by atoms with E-state index < -0.39 is 6.10 Å². The van der Waals surface area contributed by atoms with E-state index in [4.69, 9.17) is 0 Å². The van der Waals surface area contributed by atoms with Crippen LogP contribution in [0.4, 0.5) is 0 Å². The Morgan fingerprint density at radius 1 is 1.18 bits per heavy atom. The van der Waals surface area contributed by atoms with Crippen LogP contribution in [0, 0.1) is 20.8 Å². The van der Waals surface area contributed by atoms with Gasteiger partial charge in [-0.2, -0.15) is 0 Å². The first-order valence-electron chi connectivity index (χ1n) is 5.71. The maximum absolute atomic E-state index is 10.3. The molecular weight excluding hydrogens is 230 g/mol. The molecule has 0 saturated heterocycles. The van der Waals surface area contributed by atoms with Crippen molar-refractivity contribution in [1.82, 2.24) is 4.98 Å². The van der Waals surface area contributed by atoms with Crippen molar-refractivity contribution in [3.63, 3.8) is 0 Å². The van der Waals surface area contributed by atoms with Crippen LogP contribution in [0.15, 0.2) is 23.8 Å². The van der Waals surface area contributed by atoms with Crippen LogP contribution in [-0.2, 0) is 6.42 Å². The van der Waals surface area contributed by atoms with E-state index in [2.05, 4.69) is 37.9 Å². The molecule has 0 aliphatic carbocycles. The fourth-order valence-corrected chi connectivity index (χ4v) is 2.62. The Morgan fingerprint density at radius 3 is 2.53 bits per heavy atom. The van der Waals surface area contributed by atoms with Gasteiger partial charge in [-0.15, -0.1) is 11.3 Å². The average molecular weight is 247 g/mol. The summed E-state index contributed by atoms with van der Waals surface area (Å²) in [7, 11) is 0. The first-order valence-corrected chi connectivity index (χ1v) is 6.59. The maximum Gasteiger partial charge on any atom is 0.0841 e. The molecule has 1 heterocycles. The number of aromatic nitrogens is 1. The molecule has 1 N–H and O–H groups in total. The SMILES string of the molecule is Cc1cc(C)c(C(O)Cc2cncs2)cc1C. The van der Waals surface area contributed by atoms with Gasteiger partial charge in [0.15, 0.2) is 0 Å². The smallest absolute Gasteiger partial charge is 0.0841 e. The molecule has 0 bridgehead atoms. The normalized spacial score (nSPS) is 12.7. The van der Waals surface area contributed by atoms with Gasteiger partial charge in [-0.3, -0.25) is 4.98 Å². The Bertz CT molecular complexity index is 505. The molecule has 1 aromatic carbocycles. The van der Waals surface area contributed by atoms with Crippen molar-refractivity contribution in [3.8, 4) is 0 Å². The molecule has 0 amide bonds. The third-order valence-electron chi connectivity index (χ3n) is 3.12. The van der Waals surface area contributed by atoms with Gasteiger partial charge in [0.25, 0.3) is 0 Å². The molecule has 2 aromatic rings. The number of nitrogens with zero attached hydrogens (tertiary/aromatic N) is 1. The van der Waals surface area contributed by atoms with E-state index in [1.165, 1.54) is 11.1 Å². The van der Waals surface area contributed by atoms with Gasteiger partial charge in [0.2, 0.25) is 0 Å². The predicted molar refractivity (Wildman–Crippen MR) is 71.4 cm³/mol. The van der Waals surface area contributed by atoms with E-state index >= 15 is 0 Å². The predicted octanol–water partition coefficient (Wildman–Crippen LogP) is 3.34. The third kappa shape index (κ3) is 2.73. The maximum atomic E-state index is 10.3. The van der Waals surface area contributed by atoms with Crippen LogP contribution in [0.25, 0.3) is 0 Å². The van der Waals surface area contributed by atoms with Crippen molar-refractivity contribution in [2.45, 2.75) is 33.3 Å². The number of benzene rings is 1. The molecule has 1 atom stereocenters. The van der Waals surface area contributed by atoms with Crippen LogP contribution in [0.3, 0.4) is 0 Å². The molecule has 2 rings (SSSR count). The van der Waals surface area contributed by atoms with Crippen LogP contribution in [-0.4, -0.2) is 10.1 Å².